The number of anilines is 1. The number of fused-ring (bicyclic) bond motifs is 3. The number of rotatable bonds is 5. The fourth-order valence-electron chi connectivity index (χ4n) is 5.43. The zero-order chi connectivity index (χ0) is 27.7. The van der Waals surface area contributed by atoms with Crippen molar-refractivity contribution in [1.82, 2.24) is 5.01 Å². The van der Waals surface area contributed by atoms with E-state index in [0.717, 1.165) is 5.56 Å². The molecule has 3 aromatic rings. The van der Waals surface area contributed by atoms with E-state index >= 15 is 0 Å². The van der Waals surface area contributed by atoms with Gasteiger partial charge >= 0.3 is 11.9 Å². The molecule has 0 radical (unpaired) electrons. The lowest BCUT2D eigenvalue weighted by Gasteiger charge is -2.56. The van der Waals surface area contributed by atoms with Crippen molar-refractivity contribution in [1.29, 1.82) is 0 Å². The lowest BCUT2D eigenvalue weighted by Crippen LogP contribution is -2.68. The van der Waals surface area contributed by atoms with E-state index in [1.807, 2.05) is 12.1 Å². The second-order valence-corrected chi connectivity index (χ2v) is 9.25. The minimum Gasteiger partial charge on any atom is -0.468 e. The van der Waals surface area contributed by atoms with E-state index in [1.54, 1.807) is 59.6 Å². The summed E-state index contributed by atoms with van der Waals surface area (Å²) in [5.41, 5.74) is 0.261. The molecule has 0 aromatic heterocycles. The monoisotopic (exact) mass is 527 g/mol. The number of nitro benzene ring substituents is 1. The number of para-hydroxylation sites is 1. The first-order valence-electron chi connectivity index (χ1n) is 12.2. The molecule has 10 nitrogen and oxygen atoms in total. The molecule has 0 spiro atoms. The Labute approximate surface area is 224 Å². The van der Waals surface area contributed by atoms with Crippen LogP contribution in [0.5, 0.6) is 0 Å². The summed E-state index contributed by atoms with van der Waals surface area (Å²) in [5, 5.41) is 14.5. The third-order valence-corrected chi connectivity index (χ3v) is 7.27. The molecule has 0 N–H and O–H groups in total. The van der Waals surface area contributed by atoms with Crippen molar-refractivity contribution >= 4 is 35.3 Å². The van der Waals surface area contributed by atoms with Crippen LogP contribution < -0.4 is 5.01 Å². The Bertz CT molecular complexity index is 1450. The molecule has 39 heavy (non-hydrogen) atoms. The maximum Gasteiger partial charge on any atom is 0.325 e. The number of benzene rings is 3. The number of methoxy groups -OCH3 is 2. The first-order valence-corrected chi connectivity index (χ1v) is 12.2. The van der Waals surface area contributed by atoms with Crippen molar-refractivity contribution in [3.63, 3.8) is 0 Å². The average Bonchev–Trinajstić information content (AvgIpc) is 2.99. The molecule has 3 aromatic carbocycles. The van der Waals surface area contributed by atoms with Crippen LogP contribution in [0.15, 0.2) is 84.9 Å². The van der Waals surface area contributed by atoms with Crippen LogP contribution in [-0.2, 0) is 19.1 Å². The number of hydrazine groups is 1. The zero-order valence-corrected chi connectivity index (χ0v) is 21.2. The topological polar surface area (TPSA) is 119 Å². The molecule has 198 valence electrons. The summed E-state index contributed by atoms with van der Waals surface area (Å²) in [6, 6.07) is 19.8. The smallest absolute Gasteiger partial charge is 0.325 e. The van der Waals surface area contributed by atoms with Crippen LogP contribution in [0.1, 0.15) is 33.9 Å². The first kappa shape index (κ1) is 25.7. The molecule has 2 aliphatic heterocycles. The maximum atomic E-state index is 14.2. The number of nitro groups is 1. The molecule has 0 aliphatic carbocycles. The van der Waals surface area contributed by atoms with Gasteiger partial charge in [0.1, 0.15) is 0 Å². The SMILES string of the molecule is COC(=O)C1(C(=O)OC)C[C@@H](c2ccc([N+](=O)[O-])cc2)N(C(=O)c2ccccc2)N2c3ccccc3C=C[C@@H]21. The van der Waals surface area contributed by atoms with Gasteiger partial charge in [0.05, 0.1) is 36.9 Å². The third kappa shape index (κ3) is 4.10. The largest absolute Gasteiger partial charge is 0.468 e. The van der Waals surface area contributed by atoms with Crippen molar-refractivity contribution in [3.8, 4) is 0 Å². The Balaban J connectivity index is 1.79. The number of carbonyl (C=O) groups excluding carboxylic acids is 3. The predicted octanol–water partition coefficient (Wildman–Crippen LogP) is 4.33. The van der Waals surface area contributed by atoms with E-state index in [-0.39, 0.29) is 18.0 Å². The number of hydrogen-bond acceptors (Lipinski definition) is 8. The molecule has 2 aliphatic rings. The highest BCUT2D eigenvalue weighted by Crippen LogP contribution is 2.51. The van der Waals surface area contributed by atoms with Gasteiger partial charge in [-0.25, -0.2) is 5.01 Å². The van der Waals surface area contributed by atoms with Crippen LogP contribution in [0.2, 0.25) is 0 Å². The highest BCUT2D eigenvalue weighted by atomic mass is 16.6. The molecule has 2 atom stereocenters. The summed E-state index contributed by atoms with van der Waals surface area (Å²) in [6.07, 6.45) is 3.32. The van der Waals surface area contributed by atoms with Crippen molar-refractivity contribution in [2.75, 3.05) is 19.2 Å². The van der Waals surface area contributed by atoms with Crippen LogP contribution in [0.25, 0.3) is 6.08 Å². The molecule has 0 saturated carbocycles. The molecular weight excluding hydrogens is 502 g/mol. The molecule has 1 saturated heterocycles. The van der Waals surface area contributed by atoms with Gasteiger partial charge in [-0.15, -0.1) is 0 Å². The zero-order valence-electron chi connectivity index (χ0n) is 21.2. The molecular formula is C29H25N3O7. The molecule has 1 fully saturated rings. The van der Waals surface area contributed by atoms with Gasteiger partial charge in [0.25, 0.3) is 11.6 Å². The number of hydrogen-bond donors (Lipinski definition) is 0. The molecule has 5 rings (SSSR count). The predicted molar refractivity (Wildman–Crippen MR) is 141 cm³/mol. The summed E-state index contributed by atoms with van der Waals surface area (Å²) >= 11 is 0. The van der Waals surface area contributed by atoms with Crippen molar-refractivity contribution < 1.29 is 28.8 Å². The van der Waals surface area contributed by atoms with Gasteiger partial charge in [-0.2, -0.15) is 0 Å². The van der Waals surface area contributed by atoms with Crippen LogP contribution in [0, 0.1) is 15.5 Å². The molecule has 2 heterocycles. The first-order chi connectivity index (χ1) is 18.8. The summed E-state index contributed by atoms with van der Waals surface area (Å²) in [5.74, 6) is -2.00. The number of carbonyl (C=O) groups is 3. The number of esters is 2. The number of nitrogens with zero attached hydrogens (tertiary/aromatic N) is 3. The molecule has 0 unspecified atom stereocenters. The summed E-state index contributed by atoms with van der Waals surface area (Å²) in [4.78, 5) is 52.1. The Morgan fingerprint density at radius 1 is 0.897 bits per heavy atom. The lowest BCUT2D eigenvalue weighted by molar-refractivity contribution is -0.384. The van der Waals surface area contributed by atoms with Crippen molar-refractivity contribution in [2.45, 2.75) is 18.5 Å². The van der Waals surface area contributed by atoms with Gasteiger partial charge in [-0.1, -0.05) is 60.7 Å². The maximum absolute atomic E-state index is 14.2. The fraction of sp³-hybridized carbons (Fsp3) is 0.207. The highest BCUT2D eigenvalue weighted by molar-refractivity contribution is 6.04. The van der Waals surface area contributed by atoms with E-state index in [9.17, 15) is 24.5 Å². The summed E-state index contributed by atoms with van der Waals surface area (Å²) in [6.45, 7) is 0. The molecule has 1 amide bonds. The van der Waals surface area contributed by atoms with E-state index in [1.165, 1.54) is 43.5 Å². The Morgan fingerprint density at radius 3 is 2.13 bits per heavy atom. The van der Waals surface area contributed by atoms with Gasteiger partial charge in [-0.3, -0.25) is 29.5 Å². The summed E-state index contributed by atoms with van der Waals surface area (Å²) < 4.78 is 10.4. The van der Waals surface area contributed by atoms with Crippen molar-refractivity contribution in [3.05, 3.63) is 112 Å². The van der Waals surface area contributed by atoms with E-state index in [0.29, 0.717) is 16.8 Å². The standard InChI is InChI=1S/C29H25N3O7/c1-38-27(34)29(28(35)39-2)18-24(20-12-15-22(16-13-20)32(36)37)31(26(33)21-9-4-3-5-10-21)30-23-11-7-6-8-19(23)14-17-25(29)30/h3-17,24-25H,18H2,1-2H3/t24-,25+/m0/s1. The Kier molecular flexibility index (Phi) is 6.61. The van der Waals surface area contributed by atoms with E-state index in [4.69, 9.17) is 9.47 Å². The van der Waals surface area contributed by atoms with Crippen LogP contribution in [0.3, 0.4) is 0 Å². The summed E-state index contributed by atoms with van der Waals surface area (Å²) in [7, 11) is 2.39. The van der Waals surface area contributed by atoms with E-state index < -0.39 is 34.4 Å². The average molecular weight is 528 g/mol. The van der Waals surface area contributed by atoms with Gasteiger partial charge in [0.15, 0.2) is 5.41 Å². The second kappa shape index (κ2) is 10.1. The number of amides is 1. The van der Waals surface area contributed by atoms with Crippen LogP contribution >= 0.6 is 0 Å². The van der Waals surface area contributed by atoms with E-state index in [2.05, 4.69) is 0 Å². The number of ether oxygens (including phenoxy) is 2. The lowest BCUT2D eigenvalue weighted by atomic mass is 9.70. The third-order valence-electron chi connectivity index (χ3n) is 7.27. The molecule has 10 heteroatoms. The Hall–Kier alpha value is -4.99. The minimum absolute atomic E-state index is 0.133. The highest BCUT2D eigenvalue weighted by Gasteiger charge is 2.63. The Morgan fingerprint density at radius 2 is 1.51 bits per heavy atom. The van der Waals surface area contributed by atoms with Gasteiger partial charge in [0.2, 0.25) is 0 Å². The van der Waals surface area contributed by atoms with Gasteiger partial charge in [-0.05, 0) is 29.3 Å². The van der Waals surface area contributed by atoms with Gasteiger partial charge < -0.3 is 9.47 Å². The van der Waals surface area contributed by atoms with Crippen molar-refractivity contribution in [2.24, 2.45) is 5.41 Å². The minimum atomic E-state index is -1.85. The van der Waals surface area contributed by atoms with Crippen LogP contribution in [0.4, 0.5) is 11.4 Å². The fourth-order valence-corrected chi connectivity index (χ4v) is 5.43. The number of non-ortho nitro benzene ring substituents is 1. The quantitative estimate of drug-likeness (QED) is 0.208. The van der Waals surface area contributed by atoms with Gasteiger partial charge in [0, 0.05) is 24.1 Å². The molecule has 0 bridgehead atoms. The normalized spacial score (nSPS) is 18.9. The van der Waals surface area contributed by atoms with Crippen LogP contribution in [-0.4, -0.2) is 48.0 Å². The second-order valence-electron chi connectivity index (χ2n) is 9.25.